The van der Waals surface area contributed by atoms with Crippen LogP contribution in [0.5, 0.6) is 0 Å². The van der Waals surface area contributed by atoms with Gasteiger partial charge in [0.25, 0.3) is 0 Å². The molecule has 0 amide bonds. The van der Waals surface area contributed by atoms with E-state index in [1.165, 1.54) is 19.1 Å². The Hall–Kier alpha value is -1.26. The Bertz CT molecular complexity index is 354. The molecule has 0 saturated heterocycles. The number of benzene rings is 1. The van der Waals surface area contributed by atoms with E-state index in [0.29, 0.717) is 11.1 Å². The van der Waals surface area contributed by atoms with Gasteiger partial charge in [0.2, 0.25) is 0 Å². The van der Waals surface area contributed by atoms with E-state index in [9.17, 15) is 17.3 Å². The van der Waals surface area contributed by atoms with Gasteiger partial charge in [-0.05, 0) is 30.2 Å². The standard InChI is InChI=1S/C9H8BF4/c1-7-6-8(2-3-9(7)11)4-5-10(12,13)14/h2-6H,1H3/q-1/b5-4+. The first kappa shape index (κ1) is 10.8. The van der Waals surface area contributed by atoms with E-state index in [2.05, 4.69) is 0 Å². The summed E-state index contributed by atoms with van der Waals surface area (Å²) in [5.41, 5.74) is 0.685. The van der Waals surface area contributed by atoms with Gasteiger partial charge in [-0.3, -0.25) is 0 Å². The minimum Gasteiger partial charge on any atom is -0.445 e. The molecule has 5 heteroatoms. The Morgan fingerprint density at radius 2 is 1.86 bits per heavy atom. The molecule has 0 aliphatic heterocycles. The molecule has 14 heavy (non-hydrogen) atoms. The van der Waals surface area contributed by atoms with Gasteiger partial charge in [0.15, 0.2) is 0 Å². The van der Waals surface area contributed by atoms with Crippen LogP contribution in [0.4, 0.5) is 17.3 Å². The molecule has 0 aliphatic rings. The summed E-state index contributed by atoms with van der Waals surface area (Å²) in [6.45, 7) is -3.42. The predicted molar refractivity (Wildman–Crippen MR) is 49.2 cm³/mol. The Balaban J connectivity index is 2.89. The quantitative estimate of drug-likeness (QED) is 0.509. The molecule has 0 saturated carbocycles. The molecule has 1 aromatic rings. The van der Waals surface area contributed by atoms with Gasteiger partial charge in [-0.1, -0.05) is 12.1 Å². The van der Waals surface area contributed by atoms with E-state index < -0.39 is 12.8 Å². The molecule has 1 rings (SSSR count). The van der Waals surface area contributed by atoms with E-state index in [1.807, 2.05) is 0 Å². The van der Waals surface area contributed by atoms with Crippen LogP contribution in [0.1, 0.15) is 11.1 Å². The number of hydrogen-bond donors (Lipinski definition) is 0. The molecule has 0 bridgehead atoms. The zero-order valence-corrected chi connectivity index (χ0v) is 7.48. The molecule has 0 N–H and O–H groups in total. The summed E-state index contributed by atoms with van der Waals surface area (Å²) < 4.78 is 48.2. The van der Waals surface area contributed by atoms with Crippen molar-refractivity contribution in [2.45, 2.75) is 6.92 Å². The van der Waals surface area contributed by atoms with E-state index in [-0.39, 0.29) is 5.98 Å². The van der Waals surface area contributed by atoms with Crippen LogP contribution in [0.25, 0.3) is 6.08 Å². The van der Waals surface area contributed by atoms with Gasteiger partial charge in [0.1, 0.15) is 5.82 Å². The van der Waals surface area contributed by atoms with Crippen LogP contribution in [0.2, 0.25) is 0 Å². The normalized spacial score (nSPS) is 12.4. The Kier molecular flexibility index (Phi) is 2.98. The van der Waals surface area contributed by atoms with Crippen molar-refractivity contribution in [2.24, 2.45) is 0 Å². The third kappa shape index (κ3) is 3.24. The third-order valence-corrected chi connectivity index (χ3v) is 1.69. The first-order chi connectivity index (χ1) is 6.38. The number of halogens is 4. The maximum atomic E-state index is 12.7. The molecular weight excluding hydrogens is 195 g/mol. The Morgan fingerprint density at radius 3 is 2.36 bits per heavy atom. The van der Waals surface area contributed by atoms with Gasteiger partial charge in [0, 0.05) is 0 Å². The lowest BCUT2D eigenvalue weighted by Crippen LogP contribution is -2.09. The number of rotatable bonds is 2. The number of hydrogen-bond acceptors (Lipinski definition) is 0. The molecule has 0 spiro atoms. The lowest BCUT2D eigenvalue weighted by molar-refractivity contribution is 0.499. The summed E-state index contributed by atoms with van der Waals surface area (Å²) in [4.78, 5) is 0. The largest absolute Gasteiger partial charge is 0.502 e. The topological polar surface area (TPSA) is 0 Å². The van der Waals surface area contributed by atoms with E-state index in [1.54, 1.807) is 0 Å². The van der Waals surface area contributed by atoms with Crippen LogP contribution < -0.4 is 0 Å². The van der Waals surface area contributed by atoms with E-state index in [4.69, 9.17) is 0 Å². The SMILES string of the molecule is Cc1cc(/C=C/[B-](F)(F)F)ccc1F. The summed E-state index contributed by atoms with van der Waals surface area (Å²) in [7, 11) is 0. The molecule has 1 aromatic carbocycles. The average molecular weight is 203 g/mol. The van der Waals surface area contributed by atoms with E-state index >= 15 is 0 Å². The van der Waals surface area contributed by atoms with Crippen molar-refractivity contribution < 1.29 is 17.3 Å². The fourth-order valence-corrected chi connectivity index (χ4v) is 0.992. The smallest absolute Gasteiger partial charge is 0.445 e. The lowest BCUT2D eigenvalue weighted by atomic mass is 9.90. The fourth-order valence-electron chi connectivity index (χ4n) is 0.992. The minimum absolute atomic E-state index is 0.187. The highest BCUT2D eigenvalue weighted by molar-refractivity contribution is 6.64. The van der Waals surface area contributed by atoms with Gasteiger partial charge in [-0.25, -0.2) is 4.39 Å². The van der Waals surface area contributed by atoms with Gasteiger partial charge in [-0.15, -0.1) is 5.98 Å². The maximum absolute atomic E-state index is 12.7. The first-order valence-electron chi connectivity index (χ1n) is 4.04. The van der Waals surface area contributed by atoms with Crippen LogP contribution >= 0.6 is 0 Å². The summed E-state index contributed by atoms with van der Waals surface area (Å²) in [6, 6.07) is 3.83. The predicted octanol–water partition coefficient (Wildman–Crippen LogP) is 3.53. The molecular formula is C9H8BF4-. The molecule has 0 heterocycles. The number of aryl methyl sites for hydroxylation is 1. The fraction of sp³-hybridized carbons (Fsp3) is 0.111. The maximum Gasteiger partial charge on any atom is 0.502 e. The van der Waals surface area contributed by atoms with Gasteiger partial charge in [-0.2, -0.15) is 0 Å². The molecule has 0 unspecified atom stereocenters. The van der Waals surface area contributed by atoms with Crippen LogP contribution in [0.15, 0.2) is 24.2 Å². The highest BCUT2D eigenvalue weighted by Crippen LogP contribution is 2.15. The van der Waals surface area contributed by atoms with Crippen LogP contribution in [-0.4, -0.2) is 6.98 Å². The van der Waals surface area contributed by atoms with Crippen molar-refractivity contribution in [1.82, 2.24) is 0 Å². The van der Waals surface area contributed by atoms with Crippen molar-refractivity contribution in [3.8, 4) is 0 Å². The second kappa shape index (κ2) is 3.86. The minimum atomic E-state index is -4.92. The molecule has 76 valence electrons. The third-order valence-electron chi connectivity index (χ3n) is 1.69. The van der Waals surface area contributed by atoms with Crippen molar-refractivity contribution in [3.05, 3.63) is 41.1 Å². The lowest BCUT2D eigenvalue weighted by Gasteiger charge is -2.06. The highest BCUT2D eigenvalue weighted by atomic mass is 19.4. The summed E-state index contributed by atoms with van der Waals surface area (Å²) in [5, 5.41) is 0. The van der Waals surface area contributed by atoms with Crippen LogP contribution in [-0.2, 0) is 0 Å². The van der Waals surface area contributed by atoms with Crippen molar-refractivity contribution in [3.63, 3.8) is 0 Å². The first-order valence-corrected chi connectivity index (χ1v) is 4.04. The summed E-state index contributed by atoms with van der Waals surface area (Å²) >= 11 is 0. The Labute approximate surface area is 79.3 Å². The summed E-state index contributed by atoms with van der Waals surface area (Å²) in [6.07, 6.45) is 0.937. The second-order valence-electron chi connectivity index (χ2n) is 2.99. The summed E-state index contributed by atoms with van der Waals surface area (Å²) in [5.74, 6) is -0.230. The second-order valence-corrected chi connectivity index (χ2v) is 2.99. The van der Waals surface area contributed by atoms with Gasteiger partial charge >= 0.3 is 6.98 Å². The van der Waals surface area contributed by atoms with E-state index in [0.717, 1.165) is 12.1 Å². The molecule has 0 aromatic heterocycles. The van der Waals surface area contributed by atoms with Gasteiger partial charge in [0.05, 0.1) is 0 Å². The van der Waals surface area contributed by atoms with Gasteiger partial charge < -0.3 is 12.9 Å². The average Bonchev–Trinajstić information content (AvgIpc) is 2.06. The molecule has 0 atom stereocenters. The molecule has 0 nitrogen and oxygen atoms in total. The van der Waals surface area contributed by atoms with Crippen molar-refractivity contribution in [2.75, 3.05) is 0 Å². The molecule has 0 radical (unpaired) electrons. The van der Waals surface area contributed by atoms with Crippen molar-refractivity contribution in [1.29, 1.82) is 0 Å². The Morgan fingerprint density at radius 1 is 1.21 bits per heavy atom. The molecule has 0 aliphatic carbocycles. The van der Waals surface area contributed by atoms with Crippen molar-refractivity contribution >= 4 is 13.1 Å². The monoisotopic (exact) mass is 203 g/mol. The highest BCUT2D eigenvalue weighted by Gasteiger charge is 2.16. The van der Waals surface area contributed by atoms with Crippen LogP contribution in [0.3, 0.4) is 0 Å². The molecule has 0 fully saturated rings. The zero-order valence-electron chi connectivity index (χ0n) is 7.48. The van der Waals surface area contributed by atoms with Crippen LogP contribution in [0, 0.1) is 12.7 Å². The zero-order chi connectivity index (χ0) is 10.8.